The number of benzene rings is 1. The SMILES string of the molecule is Cc1c(C(C)C)cccc1[C@H](C)C1CCC1. The van der Waals surface area contributed by atoms with E-state index in [1.807, 2.05) is 0 Å². The molecule has 1 saturated carbocycles. The minimum absolute atomic E-state index is 0.647. The second kappa shape index (κ2) is 4.61. The average molecular weight is 216 g/mol. The predicted octanol–water partition coefficient (Wildman–Crippen LogP) is 5.02. The van der Waals surface area contributed by atoms with Crippen LogP contribution in [-0.2, 0) is 0 Å². The van der Waals surface area contributed by atoms with Crippen molar-refractivity contribution in [3.63, 3.8) is 0 Å². The van der Waals surface area contributed by atoms with Crippen LogP contribution in [0.5, 0.6) is 0 Å². The fraction of sp³-hybridized carbons (Fsp3) is 0.625. The van der Waals surface area contributed by atoms with Crippen LogP contribution in [0.25, 0.3) is 0 Å². The zero-order chi connectivity index (χ0) is 11.7. The zero-order valence-electron chi connectivity index (χ0n) is 11.1. The van der Waals surface area contributed by atoms with Gasteiger partial charge in [-0.05, 0) is 54.2 Å². The monoisotopic (exact) mass is 216 g/mol. The quantitative estimate of drug-likeness (QED) is 0.665. The Hall–Kier alpha value is -0.780. The summed E-state index contributed by atoms with van der Waals surface area (Å²) in [6.45, 7) is 9.30. The van der Waals surface area contributed by atoms with Crippen LogP contribution in [0, 0.1) is 12.8 Å². The molecule has 0 amide bonds. The average Bonchev–Trinajstić information content (AvgIpc) is 2.14. The second-order valence-corrected chi connectivity index (χ2v) is 5.70. The smallest absolute Gasteiger partial charge is 0.0159 e. The van der Waals surface area contributed by atoms with E-state index in [-0.39, 0.29) is 0 Å². The van der Waals surface area contributed by atoms with E-state index in [1.165, 1.54) is 30.4 Å². The lowest BCUT2D eigenvalue weighted by Gasteiger charge is -2.33. The molecule has 0 N–H and O–H groups in total. The van der Waals surface area contributed by atoms with Crippen molar-refractivity contribution < 1.29 is 0 Å². The summed E-state index contributed by atoms with van der Waals surface area (Å²) in [5, 5.41) is 0. The molecule has 0 spiro atoms. The second-order valence-electron chi connectivity index (χ2n) is 5.70. The normalized spacial score (nSPS) is 18.6. The lowest BCUT2D eigenvalue weighted by molar-refractivity contribution is 0.271. The summed E-state index contributed by atoms with van der Waals surface area (Å²) in [5.74, 6) is 2.35. The van der Waals surface area contributed by atoms with Gasteiger partial charge in [-0.25, -0.2) is 0 Å². The van der Waals surface area contributed by atoms with Crippen LogP contribution in [-0.4, -0.2) is 0 Å². The Morgan fingerprint density at radius 2 is 1.69 bits per heavy atom. The first-order valence-electron chi connectivity index (χ1n) is 6.70. The summed E-state index contributed by atoms with van der Waals surface area (Å²) in [6.07, 6.45) is 4.32. The van der Waals surface area contributed by atoms with E-state index in [1.54, 1.807) is 5.56 Å². The standard InChI is InChI=1S/C16H24/c1-11(2)15-9-6-10-16(13(15)4)12(3)14-7-5-8-14/h6,9-12,14H,5,7-8H2,1-4H3/t12-/m1/s1. The highest BCUT2D eigenvalue weighted by atomic mass is 14.3. The lowest BCUT2D eigenvalue weighted by atomic mass is 9.72. The molecule has 0 heteroatoms. The van der Waals surface area contributed by atoms with Crippen LogP contribution in [0.3, 0.4) is 0 Å². The number of hydrogen-bond acceptors (Lipinski definition) is 0. The maximum atomic E-state index is 2.41. The van der Waals surface area contributed by atoms with Gasteiger partial charge in [0.2, 0.25) is 0 Å². The summed E-state index contributed by atoms with van der Waals surface area (Å²) in [7, 11) is 0. The Morgan fingerprint density at radius 3 is 2.19 bits per heavy atom. The van der Waals surface area contributed by atoms with Crippen molar-refractivity contribution in [1.29, 1.82) is 0 Å². The highest BCUT2D eigenvalue weighted by Crippen LogP contribution is 2.40. The minimum Gasteiger partial charge on any atom is -0.0617 e. The van der Waals surface area contributed by atoms with Gasteiger partial charge in [-0.15, -0.1) is 0 Å². The van der Waals surface area contributed by atoms with Gasteiger partial charge in [0.05, 0.1) is 0 Å². The molecular formula is C16H24. The summed E-state index contributed by atoms with van der Waals surface area (Å²) in [6, 6.07) is 6.87. The van der Waals surface area contributed by atoms with Gasteiger partial charge >= 0.3 is 0 Å². The van der Waals surface area contributed by atoms with Crippen molar-refractivity contribution >= 4 is 0 Å². The fourth-order valence-corrected chi connectivity index (χ4v) is 2.98. The van der Waals surface area contributed by atoms with Crippen molar-refractivity contribution in [2.75, 3.05) is 0 Å². The molecule has 1 aliphatic rings. The maximum absolute atomic E-state index is 2.41. The van der Waals surface area contributed by atoms with Crippen LogP contribution in [0.1, 0.15) is 68.6 Å². The molecule has 0 aliphatic heterocycles. The molecule has 1 aliphatic carbocycles. The van der Waals surface area contributed by atoms with Crippen molar-refractivity contribution in [3.05, 3.63) is 34.9 Å². The molecule has 1 aromatic rings. The lowest BCUT2D eigenvalue weighted by Crippen LogP contribution is -2.19. The Bertz CT molecular complexity index is 358. The molecule has 1 atom stereocenters. The highest BCUT2D eigenvalue weighted by molar-refractivity contribution is 5.38. The third-order valence-electron chi connectivity index (χ3n) is 4.39. The third kappa shape index (κ3) is 2.03. The van der Waals surface area contributed by atoms with Crippen molar-refractivity contribution in [2.45, 2.75) is 58.8 Å². The van der Waals surface area contributed by atoms with Gasteiger partial charge in [-0.2, -0.15) is 0 Å². The summed E-state index contributed by atoms with van der Waals surface area (Å²) in [5.41, 5.74) is 4.66. The maximum Gasteiger partial charge on any atom is -0.0159 e. The van der Waals surface area contributed by atoms with E-state index in [0.29, 0.717) is 5.92 Å². The van der Waals surface area contributed by atoms with E-state index in [9.17, 15) is 0 Å². The molecule has 0 nitrogen and oxygen atoms in total. The van der Waals surface area contributed by atoms with Crippen LogP contribution in [0.2, 0.25) is 0 Å². The van der Waals surface area contributed by atoms with Gasteiger partial charge in [-0.3, -0.25) is 0 Å². The molecule has 0 heterocycles. The Kier molecular flexibility index (Phi) is 3.37. The van der Waals surface area contributed by atoms with Gasteiger partial charge in [0, 0.05) is 0 Å². The molecule has 1 fully saturated rings. The molecule has 1 aromatic carbocycles. The van der Waals surface area contributed by atoms with Gasteiger partial charge in [0.25, 0.3) is 0 Å². The predicted molar refractivity (Wildman–Crippen MR) is 71.0 cm³/mol. The first kappa shape index (κ1) is 11.7. The minimum atomic E-state index is 0.647. The highest BCUT2D eigenvalue weighted by Gasteiger charge is 2.26. The molecule has 0 unspecified atom stereocenters. The van der Waals surface area contributed by atoms with E-state index in [0.717, 1.165) is 11.8 Å². The molecule has 0 radical (unpaired) electrons. The van der Waals surface area contributed by atoms with Crippen LogP contribution in [0.15, 0.2) is 18.2 Å². The van der Waals surface area contributed by atoms with Crippen molar-refractivity contribution in [2.24, 2.45) is 5.92 Å². The topological polar surface area (TPSA) is 0 Å². The molecule has 0 aromatic heterocycles. The first-order chi connectivity index (χ1) is 7.61. The fourth-order valence-electron chi connectivity index (χ4n) is 2.98. The number of hydrogen-bond donors (Lipinski definition) is 0. The van der Waals surface area contributed by atoms with Crippen molar-refractivity contribution in [1.82, 2.24) is 0 Å². The molecule has 0 bridgehead atoms. The number of rotatable bonds is 3. The molecule has 16 heavy (non-hydrogen) atoms. The molecular weight excluding hydrogens is 192 g/mol. The molecule has 0 saturated heterocycles. The van der Waals surface area contributed by atoms with Gasteiger partial charge in [-0.1, -0.05) is 45.4 Å². The molecule has 88 valence electrons. The summed E-state index contributed by atoms with van der Waals surface area (Å²) < 4.78 is 0. The van der Waals surface area contributed by atoms with Gasteiger partial charge < -0.3 is 0 Å². The Morgan fingerprint density at radius 1 is 1.06 bits per heavy atom. The molecule has 2 rings (SSSR count). The van der Waals surface area contributed by atoms with Crippen LogP contribution >= 0.6 is 0 Å². The van der Waals surface area contributed by atoms with E-state index >= 15 is 0 Å². The zero-order valence-corrected chi connectivity index (χ0v) is 11.1. The largest absolute Gasteiger partial charge is 0.0617 e. The van der Waals surface area contributed by atoms with Gasteiger partial charge in [0.1, 0.15) is 0 Å². The Balaban J connectivity index is 2.29. The van der Waals surface area contributed by atoms with Crippen molar-refractivity contribution in [3.8, 4) is 0 Å². The van der Waals surface area contributed by atoms with E-state index < -0.39 is 0 Å². The van der Waals surface area contributed by atoms with E-state index in [4.69, 9.17) is 0 Å². The first-order valence-corrected chi connectivity index (χ1v) is 6.70. The summed E-state index contributed by atoms with van der Waals surface area (Å²) >= 11 is 0. The Labute approximate surface area is 100 Å². The summed E-state index contributed by atoms with van der Waals surface area (Å²) in [4.78, 5) is 0. The van der Waals surface area contributed by atoms with E-state index in [2.05, 4.69) is 45.9 Å². The van der Waals surface area contributed by atoms with Crippen LogP contribution < -0.4 is 0 Å². The van der Waals surface area contributed by atoms with Crippen LogP contribution in [0.4, 0.5) is 0 Å². The third-order valence-corrected chi connectivity index (χ3v) is 4.39. The van der Waals surface area contributed by atoms with Gasteiger partial charge in [0.15, 0.2) is 0 Å².